The van der Waals surface area contributed by atoms with Crippen LogP contribution >= 0.6 is 11.8 Å². The molecule has 0 saturated carbocycles. The molecule has 0 heterocycles. The zero-order chi connectivity index (χ0) is 14.4. The average Bonchev–Trinajstić information content (AvgIpc) is 2.53. The molecule has 0 aliphatic carbocycles. The van der Waals surface area contributed by atoms with Gasteiger partial charge in [-0.05, 0) is 18.4 Å². The van der Waals surface area contributed by atoms with Crippen molar-refractivity contribution in [1.29, 1.82) is 0 Å². The van der Waals surface area contributed by atoms with Crippen LogP contribution in [0, 0.1) is 0 Å². The maximum Gasteiger partial charge on any atom is 0.366 e. The molecule has 2 aromatic rings. The van der Waals surface area contributed by atoms with E-state index in [0.29, 0.717) is 11.1 Å². The SMILES string of the molecule is CSc1ccccc1C(=O)O/N=C(/N)c1ccccc1. The molecule has 0 saturated heterocycles. The summed E-state index contributed by atoms with van der Waals surface area (Å²) >= 11 is 1.47. The van der Waals surface area contributed by atoms with Gasteiger partial charge in [-0.2, -0.15) is 0 Å². The minimum Gasteiger partial charge on any atom is -0.380 e. The van der Waals surface area contributed by atoms with Gasteiger partial charge < -0.3 is 10.6 Å². The van der Waals surface area contributed by atoms with Gasteiger partial charge in [0.1, 0.15) is 0 Å². The Morgan fingerprint density at radius 3 is 2.45 bits per heavy atom. The monoisotopic (exact) mass is 286 g/mol. The van der Waals surface area contributed by atoms with Crippen molar-refractivity contribution < 1.29 is 9.63 Å². The highest BCUT2D eigenvalue weighted by Crippen LogP contribution is 2.20. The molecule has 0 aromatic heterocycles. The normalized spacial score (nSPS) is 11.2. The second-order valence-corrected chi connectivity index (χ2v) is 4.77. The van der Waals surface area contributed by atoms with Crippen molar-refractivity contribution in [2.45, 2.75) is 4.90 Å². The zero-order valence-electron chi connectivity index (χ0n) is 10.9. The fraction of sp³-hybridized carbons (Fsp3) is 0.0667. The van der Waals surface area contributed by atoms with Crippen molar-refractivity contribution in [3.63, 3.8) is 0 Å². The van der Waals surface area contributed by atoms with Crippen LogP contribution in [0.25, 0.3) is 0 Å². The summed E-state index contributed by atoms with van der Waals surface area (Å²) in [5.74, 6) is -0.352. The molecule has 0 radical (unpaired) electrons. The molecule has 0 amide bonds. The predicted molar refractivity (Wildman–Crippen MR) is 80.8 cm³/mol. The number of nitrogens with two attached hydrogens (primary N) is 1. The zero-order valence-corrected chi connectivity index (χ0v) is 11.8. The minimum atomic E-state index is -0.520. The summed E-state index contributed by atoms with van der Waals surface area (Å²) in [4.78, 5) is 17.7. The van der Waals surface area contributed by atoms with Crippen LogP contribution in [0.1, 0.15) is 15.9 Å². The number of amidine groups is 1. The molecular formula is C15H14N2O2S. The number of oxime groups is 1. The van der Waals surface area contributed by atoms with Gasteiger partial charge in [-0.3, -0.25) is 0 Å². The lowest BCUT2D eigenvalue weighted by Crippen LogP contribution is -2.15. The van der Waals surface area contributed by atoms with E-state index in [1.54, 1.807) is 24.3 Å². The maximum absolute atomic E-state index is 12.0. The molecule has 0 bridgehead atoms. The fourth-order valence-corrected chi connectivity index (χ4v) is 2.20. The Balaban J connectivity index is 2.12. The largest absolute Gasteiger partial charge is 0.380 e. The summed E-state index contributed by atoms with van der Waals surface area (Å²) in [6.07, 6.45) is 1.90. The van der Waals surface area contributed by atoms with Gasteiger partial charge in [0.25, 0.3) is 0 Å². The van der Waals surface area contributed by atoms with Crippen molar-refractivity contribution in [2.75, 3.05) is 6.26 Å². The van der Waals surface area contributed by atoms with Gasteiger partial charge in [0, 0.05) is 10.5 Å². The van der Waals surface area contributed by atoms with Gasteiger partial charge in [-0.15, -0.1) is 11.8 Å². The van der Waals surface area contributed by atoms with E-state index in [-0.39, 0.29) is 5.84 Å². The molecule has 0 atom stereocenters. The lowest BCUT2D eigenvalue weighted by Gasteiger charge is -2.04. The third-order valence-electron chi connectivity index (χ3n) is 2.62. The number of rotatable bonds is 4. The average molecular weight is 286 g/mol. The van der Waals surface area contributed by atoms with Crippen molar-refractivity contribution in [2.24, 2.45) is 10.9 Å². The van der Waals surface area contributed by atoms with Crippen LogP contribution < -0.4 is 5.73 Å². The number of carbonyl (C=O) groups excluding carboxylic acids is 1. The second-order valence-electron chi connectivity index (χ2n) is 3.92. The van der Waals surface area contributed by atoms with Gasteiger partial charge in [0.2, 0.25) is 0 Å². The number of carbonyl (C=O) groups is 1. The number of thioether (sulfide) groups is 1. The summed E-state index contributed by atoms with van der Waals surface area (Å²) in [5, 5.41) is 3.68. The molecular weight excluding hydrogens is 272 g/mol. The minimum absolute atomic E-state index is 0.167. The first-order valence-electron chi connectivity index (χ1n) is 5.95. The quantitative estimate of drug-likeness (QED) is 0.308. The molecule has 0 fully saturated rings. The Morgan fingerprint density at radius 2 is 1.75 bits per heavy atom. The predicted octanol–water partition coefficient (Wildman–Crippen LogP) is 2.89. The first-order chi connectivity index (χ1) is 9.72. The Kier molecular flexibility index (Phi) is 4.79. The van der Waals surface area contributed by atoms with E-state index < -0.39 is 5.97 Å². The lowest BCUT2D eigenvalue weighted by atomic mass is 10.2. The van der Waals surface area contributed by atoms with E-state index in [1.807, 2.05) is 36.6 Å². The smallest absolute Gasteiger partial charge is 0.366 e. The summed E-state index contributed by atoms with van der Waals surface area (Å²) in [6.45, 7) is 0. The molecule has 5 heteroatoms. The summed E-state index contributed by atoms with van der Waals surface area (Å²) in [7, 11) is 0. The Labute approximate surface area is 121 Å². The van der Waals surface area contributed by atoms with E-state index in [9.17, 15) is 4.79 Å². The molecule has 2 rings (SSSR count). The van der Waals surface area contributed by atoms with Crippen molar-refractivity contribution in [3.8, 4) is 0 Å². The summed E-state index contributed by atoms with van der Waals surface area (Å²) < 4.78 is 0. The van der Waals surface area contributed by atoms with Crippen LogP contribution in [0.4, 0.5) is 0 Å². The molecule has 0 spiro atoms. The van der Waals surface area contributed by atoms with Crippen molar-refractivity contribution >= 4 is 23.6 Å². The van der Waals surface area contributed by atoms with E-state index >= 15 is 0 Å². The number of hydrogen-bond acceptors (Lipinski definition) is 4. The summed E-state index contributed by atoms with van der Waals surface area (Å²) in [6, 6.07) is 16.3. The molecule has 2 N–H and O–H groups in total. The highest BCUT2D eigenvalue weighted by molar-refractivity contribution is 7.98. The molecule has 102 valence electrons. The number of benzene rings is 2. The Morgan fingerprint density at radius 1 is 1.10 bits per heavy atom. The van der Waals surface area contributed by atoms with Crippen LogP contribution in [0.5, 0.6) is 0 Å². The third-order valence-corrected chi connectivity index (χ3v) is 3.42. The van der Waals surface area contributed by atoms with Gasteiger partial charge in [-0.25, -0.2) is 4.79 Å². The molecule has 0 aliphatic rings. The Hall–Kier alpha value is -2.27. The third kappa shape index (κ3) is 3.39. The fourth-order valence-electron chi connectivity index (χ4n) is 1.61. The maximum atomic E-state index is 12.0. The van der Waals surface area contributed by atoms with Crippen LogP contribution in [0.2, 0.25) is 0 Å². The Bertz CT molecular complexity index is 627. The summed E-state index contributed by atoms with van der Waals surface area (Å²) in [5.41, 5.74) is 6.94. The van der Waals surface area contributed by atoms with Crippen molar-refractivity contribution in [3.05, 3.63) is 65.7 Å². The second kappa shape index (κ2) is 6.77. The first-order valence-corrected chi connectivity index (χ1v) is 7.18. The van der Waals surface area contributed by atoms with Crippen LogP contribution in [0.15, 0.2) is 64.6 Å². The lowest BCUT2D eigenvalue weighted by molar-refractivity contribution is 0.0512. The van der Waals surface area contributed by atoms with Gasteiger partial charge in [-0.1, -0.05) is 47.6 Å². The van der Waals surface area contributed by atoms with E-state index in [2.05, 4.69) is 5.16 Å². The topological polar surface area (TPSA) is 64.7 Å². The van der Waals surface area contributed by atoms with E-state index in [1.165, 1.54) is 11.8 Å². The van der Waals surface area contributed by atoms with Crippen LogP contribution in [-0.4, -0.2) is 18.1 Å². The van der Waals surface area contributed by atoms with Crippen LogP contribution in [0.3, 0.4) is 0 Å². The molecule has 0 aliphatic heterocycles. The standard InChI is InChI=1S/C15H14N2O2S/c1-20-13-10-6-5-9-12(13)15(18)19-17-14(16)11-7-3-2-4-8-11/h2-10H,1H3,(H2,16,17). The van der Waals surface area contributed by atoms with Gasteiger partial charge >= 0.3 is 5.97 Å². The highest BCUT2D eigenvalue weighted by Gasteiger charge is 2.12. The highest BCUT2D eigenvalue weighted by atomic mass is 32.2. The van der Waals surface area contributed by atoms with E-state index in [4.69, 9.17) is 10.6 Å². The van der Waals surface area contributed by atoms with E-state index in [0.717, 1.165) is 4.90 Å². The van der Waals surface area contributed by atoms with Crippen LogP contribution in [-0.2, 0) is 4.84 Å². The van der Waals surface area contributed by atoms with Gasteiger partial charge in [0.05, 0.1) is 5.56 Å². The van der Waals surface area contributed by atoms with Gasteiger partial charge in [0.15, 0.2) is 5.84 Å². The number of hydrogen-bond donors (Lipinski definition) is 1. The molecule has 4 nitrogen and oxygen atoms in total. The van der Waals surface area contributed by atoms with Crippen molar-refractivity contribution in [1.82, 2.24) is 0 Å². The number of nitrogens with zero attached hydrogens (tertiary/aromatic N) is 1. The molecule has 2 aromatic carbocycles. The molecule has 20 heavy (non-hydrogen) atoms. The first kappa shape index (κ1) is 14.1. The molecule has 0 unspecified atom stereocenters.